The molecule has 1 aromatic rings. The third-order valence-electron chi connectivity index (χ3n) is 2.91. The van der Waals surface area contributed by atoms with Gasteiger partial charge in [-0.2, -0.15) is 0 Å². The smallest absolute Gasteiger partial charge is 0.254 e. The molecule has 0 radical (unpaired) electrons. The van der Waals surface area contributed by atoms with Crippen LogP contribution in [0.25, 0.3) is 0 Å². The van der Waals surface area contributed by atoms with Crippen molar-refractivity contribution in [1.82, 2.24) is 4.90 Å². The van der Waals surface area contributed by atoms with E-state index in [1.54, 1.807) is 0 Å². The van der Waals surface area contributed by atoms with E-state index in [1.807, 2.05) is 43.9 Å². The molecular formula is C14H22N2O. The number of carbonyl (C=O) groups is 1. The second-order valence-electron chi connectivity index (χ2n) is 4.35. The fraction of sp³-hybridized carbons (Fsp3) is 0.500. The second kappa shape index (κ2) is 6.40. The van der Waals surface area contributed by atoms with Crippen LogP contribution in [0.4, 0.5) is 0 Å². The van der Waals surface area contributed by atoms with E-state index in [4.69, 9.17) is 5.73 Å². The van der Waals surface area contributed by atoms with Crippen molar-refractivity contribution in [3.05, 3.63) is 34.9 Å². The van der Waals surface area contributed by atoms with Crippen molar-refractivity contribution < 1.29 is 4.79 Å². The Morgan fingerprint density at radius 3 is 2.59 bits per heavy atom. The summed E-state index contributed by atoms with van der Waals surface area (Å²) >= 11 is 0. The third kappa shape index (κ3) is 3.56. The lowest BCUT2D eigenvalue weighted by molar-refractivity contribution is 0.0763. The number of nitrogens with zero attached hydrogens (tertiary/aromatic N) is 1. The number of aryl methyl sites for hydroxylation is 2. The van der Waals surface area contributed by atoms with Gasteiger partial charge in [-0.15, -0.1) is 0 Å². The molecule has 0 saturated carbocycles. The predicted octanol–water partition coefficient (Wildman–Crippen LogP) is 2.11. The summed E-state index contributed by atoms with van der Waals surface area (Å²) in [7, 11) is 0. The van der Waals surface area contributed by atoms with Crippen LogP contribution in [0, 0.1) is 13.8 Å². The van der Waals surface area contributed by atoms with Crippen LogP contribution in [0.5, 0.6) is 0 Å². The van der Waals surface area contributed by atoms with Gasteiger partial charge in [0.1, 0.15) is 0 Å². The number of hydrogen-bond acceptors (Lipinski definition) is 2. The maximum atomic E-state index is 12.3. The average Bonchev–Trinajstić information content (AvgIpc) is 2.29. The van der Waals surface area contributed by atoms with Crippen molar-refractivity contribution in [3.63, 3.8) is 0 Å². The number of hydrogen-bond donors (Lipinski definition) is 1. The molecule has 1 aromatic carbocycles. The van der Waals surface area contributed by atoms with Crippen LogP contribution in [0.3, 0.4) is 0 Å². The zero-order valence-corrected chi connectivity index (χ0v) is 11.0. The minimum Gasteiger partial charge on any atom is -0.339 e. The van der Waals surface area contributed by atoms with Gasteiger partial charge < -0.3 is 10.6 Å². The highest BCUT2D eigenvalue weighted by Gasteiger charge is 2.15. The van der Waals surface area contributed by atoms with E-state index >= 15 is 0 Å². The molecule has 0 aliphatic rings. The Hall–Kier alpha value is -1.35. The zero-order valence-electron chi connectivity index (χ0n) is 11.0. The van der Waals surface area contributed by atoms with Crippen LogP contribution < -0.4 is 5.73 Å². The first-order valence-electron chi connectivity index (χ1n) is 6.16. The van der Waals surface area contributed by atoms with Gasteiger partial charge in [0, 0.05) is 18.7 Å². The van der Waals surface area contributed by atoms with Gasteiger partial charge in [0.2, 0.25) is 0 Å². The number of benzene rings is 1. The van der Waals surface area contributed by atoms with E-state index in [1.165, 1.54) is 5.56 Å². The lowest BCUT2D eigenvalue weighted by Crippen LogP contribution is -2.33. The van der Waals surface area contributed by atoms with Crippen LogP contribution >= 0.6 is 0 Å². The molecule has 0 saturated heterocycles. The summed E-state index contributed by atoms with van der Waals surface area (Å²) in [6.07, 6.45) is 0.852. The van der Waals surface area contributed by atoms with Crippen LogP contribution in [-0.4, -0.2) is 30.4 Å². The van der Waals surface area contributed by atoms with Crippen molar-refractivity contribution >= 4 is 5.91 Å². The lowest BCUT2D eigenvalue weighted by Gasteiger charge is -2.21. The summed E-state index contributed by atoms with van der Waals surface area (Å²) < 4.78 is 0. The first kappa shape index (κ1) is 13.7. The van der Waals surface area contributed by atoms with Crippen molar-refractivity contribution in [2.45, 2.75) is 27.2 Å². The molecule has 0 bridgehead atoms. The Morgan fingerprint density at radius 2 is 2.06 bits per heavy atom. The largest absolute Gasteiger partial charge is 0.339 e. The topological polar surface area (TPSA) is 46.3 Å². The zero-order chi connectivity index (χ0) is 12.8. The van der Waals surface area contributed by atoms with Gasteiger partial charge in [0.05, 0.1) is 0 Å². The number of carbonyl (C=O) groups excluding carboxylic acids is 1. The molecule has 0 aliphatic heterocycles. The fourth-order valence-electron chi connectivity index (χ4n) is 1.91. The third-order valence-corrected chi connectivity index (χ3v) is 2.91. The normalized spacial score (nSPS) is 10.4. The Morgan fingerprint density at radius 1 is 1.35 bits per heavy atom. The molecule has 0 heterocycles. The standard InChI is InChI=1S/C14H22N2O/c1-4-16(9-5-8-15)14(17)13-7-6-11(2)10-12(13)3/h6-7,10H,4-5,8-9,15H2,1-3H3. The summed E-state index contributed by atoms with van der Waals surface area (Å²) in [6.45, 7) is 8.10. The van der Waals surface area contributed by atoms with E-state index in [-0.39, 0.29) is 5.91 Å². The van der Waals surface area contributed by atoms with Crippen molar-refractivity contribution in [2.24, 2.45) is 5.73 Å². The van der Waals surface area contributed by atoms with E-state index in [9.17, 15) is 4.79 Å². The Labute approximate surface area is 104 Å². The van der Waals surface area contributed by atoms with Gasteiger partial charge in [-0.05, 0) is 45.4 Å². The van der Waals surface area contributed by atoms with Crippen molar-refractivity contribution in [3.8, 4) is 0 Å². The molecule has 0 atom stereocenters. The minimum absolute atomic E-state index is 0.110. The van der Waals surface area contributed by atoms with Gasteiger partial charge in [-0.1, -0.05) is 17.7 Å². The first-order chi connectivity index (χ1) is 8.10. The van der Waals surface area contributed by atoms with Gasteiger partial charge >= 0.3 is 0 Å². The van der Waals surface area contributed by atoms with Gasteiger partial charge in [0.15, 0.2) is 0 Å². The highest BCUT2D eigenvalue weighted by molar-refractivity contribution is 5.95. The van der Waals surface area contributed by atoms with E-state index in [0.29, 0.717) is 6.54 Å². The van der Waals surface area contributed by atoms with Crippen LogP contribution in [0.15, 0.2) is 18.2 Å². The van der Waals surface area contributed by atoms with Gasteiger partial charge in [-0.3, -0.25) is 4.79 Å². The molecule has 0 fully saturated rings. The maximum Gasteiger partial charge on any atom is 0.254 e. The van der Waals surface area contributed by atoms with Crippen LogP contribution in [0.1, 0.15) is 34.8 Å². The molecule has 3 nitrogen and oxygen atoms in total. The summed E-state index contributed by atoms with van der Waals surface area (Å²) in [5.41, 5.74) is 8.51. The fourth-order valence-corrected chi connectivity index (χ4v) is 1.91. The Kier molecular flexibility index (Phi) is 5.16. The molecule has 0 aromatic heterocycles. The number of amides is 1. The predicted molar refractivity (Wildman–Crippen MR) is 71.2 cm³/mol. The summed E-state index contributed by atoms with van der Waals surface area (Å²) in [4.78, 5) is 14.2. The lowest BCUT2D eigenvalue weighted by atomic mass is 10.0. The highest BCUT2D eigenvalue weighted by atomic mass is 16.2. The van der Waals surface area contributed by atoms with Crippen LogP contribution in [-0.2, 0) is 0 Å². The molecule has 3 heteroatoms. The summed E-state index contributed by atoms with van der Waals surface area (Å²) in [5, 5.41) is 0. The Balaban J connectivity index is 2.86. The minimum atomic E-state index is 0.110. The molecule has 0 unspecified atom stereocenters. The number of rotatable bonds is 5. The van der Waals surface area contributed by atoms with Gasteiger partial charge in [-0.25, -0.2) is 0 Å². The maximum absolute atomic E-state index is 12.3. The molecule has 2 N–H and O–H groups in total. The first-order valence-corrected chi connectivity index (χ1v) is 6.16. The van der Waals surface area contributed by atoms with Gasteiger partial charge in [0.25, 0.3) is 5.91 Å². The van der Waals surface area contributed by atoms with Crippen molar-refractivity contribution in [1.29, 1.82) is 0 Å². The van der Waals surface area contributed by atoms with E-state index < -0.39 is 0 Å². The average molecular weight is 234 g/mol. The van der Waals surface area contributed by atoms with E-state index in [0.717, 1.165) is 30.6 Å². The molecule has 1 amide bonds. The SMILES string of the molecule is CCN(CCCN)C(=O)c1ccc(C)cc1C. The molecule has 94 valence electrons. The second-order valence-corrected chi connectivity index (χ2v) is 4.35. The van der Waals surface area contributed by atoms with Crippen LogP contribution in [0.2, 0.25) is 0 Å². The molecule has 1 rings (SSSR count). The molecule has 0 spiro atoms. The molecule has 17 heavy (non-hydrogen) atoms. The summed E-state index contributed by atoms with van der Waals surface area (Å²) in [5.74, 6) is 0.110. The monoisotopic (exact) mass is 234 g/mol. The molecular weight excluding hydrogens is 212 g/mol. The molecule has 0 aliphatic carbocycles. The van der Waals surface area contributed by atoms with E-state index in [2.05, 4.69) is 0 Å². The summed E-state index contributed by atoms with van der Waals surface area (Å²) in [6, 6.07) is 5.94. The number of nitrogens with two attached hydrogens (primary N) is 1. The van der Waals surface area contributed by atoms with Crippen molar-refractivity contribution in [2.75, 3.05) is 19.6 Å². The highest BCUT2D eigenvalue weighted by Crippen LogP contribution is 2.13. The quantitative estimate of drug-likeness (QED) is 0.848. The Bertz CT molecular complexity index is 388.